The predicted molar refractivity (Wildman–Crippen MR) is 84.5 cm³/mol. The van der Waals surface area contributed by atoms with Crippen molar-refractivity contribution in [3.63, 3.8) is 0 Å². The van der Waals surface area contributed by atoms with Gasteiger partial charge in [-0.25, -0.2) is 0 Å². The first kappa shape index (κ1) is 15.3. The van der Waals surface area contributed by atoms with Crippen LogP contribution in [0.3, 0.4) is 0 Å². The largest absolute Gasteiger partial charge is 0.468 e. The van der Waals surface area contributed by atoms with Crippen LogP contribution < -0.4 is 0 Å². The van der Waals surface area contributed by atoms with Gasteiger partial charge in [0.2, 0.25) is 0 Å². The van der Waals surface area contributed by atoms with Crippen LogP contribution in [0.2, 0.25) is 0 Å². The second-order valence-electron chi connectivity index (χ2n) is 5.68. The third-order valence-corrected chi connectivity index (χ3v) is 4.31. The number of esters is 2. The van der Waals surface area contributed by atoms with Crippen LogP contribution in [-0.4, -0.2) is 19.0 Å². The normalized spacial score (nSPS) is 22.2. The molecule has 0 spiro atoms. The molecule has 0 radical (unpaired) electrons. The molecule has 3 rings (SSSR count). The average molecular weight is 310 g/mol. The van der Waals surface area contributed by atoms with Gasteiger partial charge >= 0.3 is 11.9 Å². The Balaban J connectivity index is 1.73. The molecule has 0 heterocycles. The molecule has 0 amide bonds. The molecule has 0 saturated heterocycles. The highest BCUT2D eigenvalue weighted by Gasteiger charge is 2.66. The van der Waals surface area contributed by atoms with Crippen LogP contribution in [0.5, 0.6) is 0 Å². The molecule has 0 N–H and O–H groups in total. The molecular formula is C19H18O4. The van der Waals surface area contributed by atoms with E-state index in [1.165, 1.54) is 7.11 Å². The highest BCUT2D eigenvalue weighted by atomic mass is 16.5. The zero-order valence-corrected chi connectivity index (χ0v) is 12.9. The fourth-order valence-electron chi connectivity index (χ4n) is 2.96. The summed E-state index contributed by atoms with van der Waals surface area (Å²) in [6.45, 7) is 0.211. The van der Waals surface area contributed by atoms with Crippen molar-refractivity contribution in [2.24, 2.45) is 5.92 Å². The molecule has 0 aliphatic heterocycles. The van der Waals surface area contributed by atoms with Crippen LogP contribution in [0.15, 0.2) is 60.7 Å². The lowest BCUT2D eigenvalue weighted by atomic mass is 9.93. The van der Waals surface area contributed by atoms with Crippen molar-refractivity contribution in [2.75, 3.05) is 7.11 Å². The van der Waals surface area contributed by atoms with Crippen molar-refractivity contribution in [1.82, 2.24) is 0 Å². The minimum Gasteiger partial charge on any atom is -0.468 e. The molecule has 0 bridgehead atoms. The van der Waals surface area contributed by atoms with Crippen LogP contribution in [0, 0.1) is 5.92 Å². The van der Waals surface area contributed by atoms with Gasteiger partial charge in [0.05, 0.1) is 13.0 Å². The number of hydrogen-bond donors (Lipinski definition) is 0. The minimum atomic E-state index is -0.899. The summed E-state index contributed by atoms with van der Waals surface area (Å²) in [5.41, 5.74) is 0.822. The number of hydrogen-bond acceptors (Lipinski definition) is 4. The summed E-state index contributed by atoms with van der Waals surface area (Å²) in [5.74, 6) is -1.23. The first-order chi connectivity index (χ1) is 11.2. The highest BCUT2D eigenvalue weighted by Crippen LogP contribution is 2.55. The van der Waals surface area contributed by atoms with Gasteiger partial charge in [-0.2, -0.15) is 0 Å². The monoisotopic (exact) mass is 310 g/mol. The Bertz CT molecular complexity index is 696. The molecule has 2 aromatic rings. The Morgan fingerprint density at radius 3 is 2.26 bits per heavy atom. The molecule has 2 aromatic carbocycles. The smallest absolute Gasteiger partial charge is 0.317 e. The minimum absolute atomic E-state index is 0.211. The lowest BCUT2D eigenvalue weighted by molar-refractivity contribution is -0.152. The standard InChI is InChI=1S/C19H18O4/c1-22-18(21)19(15-10-6-3-7-11-15)12-16(19)17(20)23-13-14-8-4-2-5-9-14/h2-11,16H,12-13H2,1H3/t16-,19+/m0/s1. The van der Waals surface area contributed by atoms with Crippen molar-refractivity contribution in [1.29, 1.82) is 0 Å². The first-order valence-electron chi connectivity index (χ1n) is 7.53. The van der Waals surface area contributed by atoms with E-state index in [9.17, 15) is 9.59 Å². The van der Waals surface area contributed by atoms with Gasteiger partial charge < -0.3 is 9.47 Å². The summed E-state index contributed by atoms with van der Waals surface area (Å²) in [4.78, 5) is 24.6. The van der Waals surface area contributed by atoms with E-state index in [0.29, 0.717) is 6.42 Å². The zero-order valence-electron chi connectivity index (χ0n) is 12.9. The number of benzene rings is 2. The summed E-state index contributed by atoms with van der Waals surface area (Å²) >= 11 is 0. The van der Waals surface area contributed by atoms with E-state index in [0.717, 1.165) is 11.1 Å². The second kappa shape index (κ2) is 6.24. The van der Waals surface area contributed by atoms with Crippen molar-refractivity contribution >= 4 is 11.9 Å². The maximum absolute atomic E-state index is 12.4. The fourth-order valence-corrected chi connectivity index (χ4v) is 2.96. The van der Waals surface area contributed by atoms with Gasteiger partial charge in [0.25, 0.3) is 0 Å². The molecule has 0 unspecified atom stereocenters. The van der Waals surface area contributed by atoms with E-state index in [4.69, 9.17) is 9.47 Å². The van der Waals surface area contributed by atoms with Crippen molar-refractivity contribution in [2.45, 2.75) is 18.4 Å². The van der Waals surface area contributed by atoms with Gasteiger partial charge in [-0.1, -0.05) is 60.7 Å². The molecule has 4 heteroatoms. The van der Waals surface area contributed by atoms with E-state index in [2.05, 4.69) is 0 Å². The molecular weight excluding hydrogens is 292 g/mol. The molecule has 1 fully saturated rings. The summed E-state index contributed by atoms with van der Waals surface area (Å²) in [6, 6.07) is 18.8. The average Bonchev–Trinajstić information content (AvgIpc) is 3.38. The van der Waals surface area contributed by atoms with Crippen LogP contribution in [0.4, 0.5) is 0 Å². The summed E-state index contributed by atoms with van der Waals surface area (Å²) in [7, 11) is 1.34. The molecule has 2 atom stereocenters. The Labute approximate surface area is 135 Å². The quantitative estimate of drug-likeness (QED) is 0.797. The Kier molecular flexibility index (Phi) is 4.15. The summed E-state index contributed by atoms with van der Waals surface area (Å²) < 4.78 is 10.3. The number of carbonyl (C=O) groups is 2. The molecule has 1 aliphatic rings. The zero-order chi connectivity index (χ0) is 16.3. The number of ether oxygens (including phenoxy) is 2. The van der Waals surface area contributed by atoms with E-state index in [1.807, 2.05) is 60.7 Å². The van der Waals surface area contributed by atoms with E-state index in [-0.39, 0.29) is 18.5 Å². The van der Waals surface area contributed by atoms with Gasteiger partial charge in [-0.3, -0.25) is 9.59 Å². The van der Waals surface area contributed by atoms with Crippen LogP contribution in [0.25, 0.3) is 0 Å². The Hall–Kier alpha value is -2.62. The summed E-state index contributed by atoms with van der Waals surface area (Å²) in [5, 5.41) is 0. The molecule has 4 nitrogen and oxygen atoms in total. The first-order valence-corrected chi connectivity index (χ1v) is 7.53. The number of rotatable bonds is 5. The molecule has 1 aliphatic carbocycles. The lowest BCUT2D eigenvalue weighted by Crippen LogP contribution is -2.27. The topological polar surface area (TPSA) is 52.6 Å². The lowest BCUT2D eigenvalue weighted by Gasteiger charge is -2.15. The third kappa shape index (κ3) is 2.84. The van der Waals surface area contributed by atoms with Gasteiger partial charge in [-0.05, 0) is 17.5 Å². The van der Waals surface area contributed by atoms with E-state index in [1.54, 1.807) is 0 Å². The van der Waals surface area contributed by atoms with E-state index >= 15 is 0 Å². The Morgan fingerprint density at radius 2 is 1.65 bits per heavy atom. The summed E-state index contributed by atoms with van der Waals surface area (Å²) in [6.07, 6.45) is 0.428. The molecule has 0 aromatic heterocycles. The number of carbonyl (C=O) groups excluding carboxylic acids is 2. The van der Waals surface area contributed by atoms with Gasteiger partial charge in [0, 0.05) is 0 Å². The van der Waals surface area contributed by atoms with Gasteiger partial charge in [-0.15, -0.1) is 0 Å². The van der Waals surface area contributed by atoms with Crippen LogP contribution in [-0.2, 0) is 31.1 Å². The van der Waals surface area contributed by atoms with Crippen molar-refractivity contribution < 1.29 is 19.1 Å². The molecule has 118 valence electrons. The maximum Gasteiger partial charge on any atom is 0.317 e. The van der Waals surface area contributed by atoms with Crippen molar-refractivity contribution in [3.05, 3.63) is 71.8 Å². The van der Waals surface area contributed by atoms with Crippen molar-refractivity contribution in [3.8, 4) is 0 Å². The fraction of sp³-hybridized carbons (Fsp3) is 0.263. The second-order valence-corrected chi connectivity index (χ2v) is 5.68. The predicted octanol–water partition coefficient (Wildman–Crippen LogP) is 2.86. The van der Waals surface area contributed by atoms with Gasteiger partial charge in [0.1, 0.15) is 12.0 Å². The third-order valence-electron chi connectivity index (χ3n) is 4.31. The molecule has 1 saturated carbocycles. The van der Waals surface area contributed by atoms with Crippen LogP contribution >= 0.6 is 0 Å². The van der Waals surface area contributed by atoms with Gasteiger partial charge in [0.15, 0.2) is 0 Å². The Morgan fingerprint density at radius 1 is 1.04 bits per heavy atom. The van der Waals surface area contributed by atoms with E-state index < -0.39 is 11.3 Å². The number of methoxy groups -OCH3 is 1. The maximum atomic E-state index is 12.4. The highest BCUT2D eigenvalue weighted by molar-refractivity contribution is 5.96. The molecule has 23 heavy (non-hydrogen) atoms. The SMILES string of the molecule is COC(=O)[C@@]1(c2ccccc2)C[C@H]1C(=O)OCc1ccccc1. The van der Waals surface area contributed by atoms with Crippen LogP contribution in [0.1, 0.15) is 17.5 Å².